The number of hydrogen-bond acceptors (Lipinski definition) is 5. The number of nitrogens with zero attached hydrogens (tertiary/aromatic N) is 5. The van der Waals surface area contributed by atoms with Crippen LogP contribution in [0, 0.1) is 0 Å². The van der Waals surface area contributed by atoms with E-state index in [1.807, 2.05) is 46.0 Å². The van der Waals surface area contributed by atoms with E-state index >= 15 is 4.39 Å². The number of ether oxygens (including phenoxy) is 1. The number of carboxylic acid groups (broad SMARTS) is 1. The number of hydrogen-bond donors (Lipinski definition) is 1. The minimum Gasteiger partial charge on any atom is -0.474 e. The highest BCUT2D eigenvalue weighted by Gasteiger charge is 2.56. The van der Waals surface area contributed by atoms with Crippen molar-refractivity contribution in [3.05, 3.63) is 36.8 Å². The molecule has 9 heteroatoms. The van der Waals surface area contributed by atoms with Crippen LogP contribution in [-0.2, 0) is 6.54 Å². The molecule has 4 rings (SSSR count). The fraction of sp³-hybridized carbons (Fsp3) is 0.500. The van der Waals surface area contributed by atoms with Crippen LogP contribution in [-0.4, -0.2) is 66.3 Å². The Morgan fingerprint density at radius 3 is 2.85 bits per heavy atom. The lowest BCUT2D eigenvalue weighted by Gasteiger charge is -2.49. The van der Waals surface area contributed by atoms with Crippen molar-refractivity contribution >= 4 is 17.0 Å². The summed E-state index contributed by atoms with van der Waals surface area (Å²) >= 11 is 0. The van der Waals surface area contributed by atoms with Crippen molar-refractivity contribution in [1.29, 1.82) is 0 Å². The van der Waals surface area contributed by atoms with Crippen molar-refractivity contribution < 1.29 is 23.5 Å². The average molecular weight is 457 g/mol. The van der Waals surface area contributed by atoms with E-state index in [9.17, 15) is 9.90 Å². The predicted molar refractivity (Wildman–Crippen MR) is 123 cm³/mol. The van der Waals surface area contributed by atoms with Gasteiger partial charge in [-0.25, -0.2) is 13.9 Å². The lowest BCUT2D eigenvalue weighted by molar-refractivity contribution is -0.913. The third-order valence-corrected chi connectivity index (χ3v) is 6.65. The van der Waals surface area contributed by atoms with Crippen LogP contribution in [0.1, 0.15) is 40.5 Å². The Morgan fingerprint density at radius 1 is 1.39 bits per heavy atom. The van der Waals surface area contributed by atoms with Gasteiger partial charge in [0.2, 0.25) is 5.88 Å². The van der Waals surface area contributed by atoms with Gasteiger partial charge in [0.15, 0.2) is 5.67 Å². The molecule has 0 spiro atoms. The first-order valence-corrected chi connectivity index (χ1v) is 11.3. The zero-order valence-electron chi connectivity index (χ0n) is 19.6. The molecule has 1 aliphatic heterocycles. The summed E-state index contributed by atoms with van der Waals surface area (Å²) in [5.41, 5.74) is -0.293. The second-order valence-electron chi connectivity index (χ2n) is 9.81. The zero-order chi connectivity index (χ0) is 23.9. The first kappa shape index (κ1) is 23.1. The molecule has 2 atom stereocenters. The molecule has 3 aromatic rings. The second-order valence-corrected chi connectivity index (χ2v) is 9.81. The highest BCUT2D eigenvalue weighted by molar-refractivity contribution is 5.86. The van der Waals surface area contributed by atoms with E-state index in [-0.39, 0.29) is 29.9 Å². The minimum absolute atomic E-state index is 0.148. The molecule has 0 radical (unpaired) electrons. The molecular formula is C24H31FN5O3+. The van der Waals surface area contributed by atoms with Crippen molar-refractivity contribution in [2.45, 2.75) is 58.3 Å². The predicted octanol–water partition coefficient (Wildman–Crippen LogP) is 4.69. The van der Waals surface area contributed by atoms with E-state index in [1.54, 1.807) is 23.1 Å². The number of aromatic nitrogens is 4. The molecule has 33 heavy (non-hydrogen) atoms. The Hall–Kier alpha value is -3.07. The monoisotopic (exact) mass is 456 g/mol. The smallest absolute Gasteiger partial charge is 0.474 e. The van der Waals surface area contributed by atoms with Crippen molar-refractivity contribution in [2.75, 3.05) is 19.7 Å². The van der Waals surface area contributed by atoms with Gasteiger partial charge < -0.3 is 9.84 Å². The highest BCUT2D eigenvalue weighted by atomic mass is 19.1. The SMILES string of the molecule is CCn1cc(-c2cc3ncccc3c(OC[C@]3(F)CCC[N+](C(=O)O)(C(C)(C)C)C3)n2)cn1. The molecule has 1 aliphatic rings. The second kappa shape index (κ2) is 8.37. The molecule has 0 saturated carbocycles. The number of aryl methyl sites for hydroxylation is 1. The van der Waals surface area contributed by atoms with Gasteiger partial charge in [0.1, 0.15) is 18.7 Å². The summed E-state index contributed by atoms with van der Waals surface area (Å²) < 4.78 is 23.5. The van der Waals surface area contributed by atoms with Crippen molar-refractivity contribution in [3.8, 4) is 17.1 Å². The first-order valence-electron chi connectivity index (χ1n) is 11.3. The Kier molecular flexibility index (Phi) is 5.86. The van der Waals surface area contributed by atoms with E-state index < -0.39 is 17.3 Å². The maximum Gasteiger partial charge on any atom is 0.514 e. The standard InChI is InChI=1S/C24H30FN5O3/c1-5-29-14-17(13-27-29)19-12-20-18(8-6-10-26-20)21(28-19)33-16-24(25)9-7-11-30(15-24,22(31)32)23(2,3)4/h6,8,10,12-14H,5,7,9,11,15-16H2,1-4H3/p+1/t24-,30?/m0/s1. The lowest BCUT2D eigenvalue weighted by Crippen LogP contribution is -2.70. The molecule has 0 aromatic carbocycles. The summed E-state index contributed by atoms with van der Waals surface area (Å²) in [4.78, 5) is 21.3. The number of pyridine rings is 2. The van der Waals surface area contributed by atoms with Crippen LogP contribution in [0.3, 0.4) is 0 Å². The molecule has 176 valence electrons. The molecule has 0 bridgehead atoms. The third-order valence-electron chi connectivity index (χ3n) is 6.65. The number of carbonyl (C=O) groups is 1. The number of alkyl halides is 1. The van der Waals surface area contributed by atoms with Crippen LogP contribution in [0.2, 0.25) is 0 Å². The van der Waals surface area contributed by atoms with Crippen LogP contribution >= 0.6 is 0 Å². The Labute approximate surface area is 192 Å². The molecular weight excluding hydrogens is 425 g/mol. The van der Waals surface area contributed by atoms with Crippen LogP contribution in [0.5, 0.6) is 5.88 Å². The first-order chi connectivity index (χ1) is 15.6. The third kappa shape index (κ3) is 4.29. The summed E-state index contributed by atoms with van der Waals surface area (Å²) in [6, 6.07) is 5.48. The Balaban J connectivity index is 1.65. The van der Waals surface area contributed by atoms with Crippen molar-refractivity contribution in [3.63, 3.8) is 0 Å². The number of amides is 1. The maximum absolute atomic E-state index is 16.1. The number of piperidine rings is 1. The van der Waals surface area contributed by atoms with Gasteiger partial charge in [0.05, 0.1) is 29.3 Å². The number of fused-ring (bicyclic) bond motifs is 1. The molecule has 3 aromatic heterocycles. The van der Waals surface area contributed by atoms with Crippen LogP contribution < -0.4 is 4.74 Å². The molecule has 8 nitrogen and oxygen atoms in total. The van der Waals surface area contributed by atoms with Gasteiger partial charge in [0, 0.05) is 30.9 Å². The minimum atomic E-state index is -1.79. The van der Waals surface area contributed by atoms with Crippen LogP contribution in [0.25, 0.3) is 22.2 Å². The summed E-state index contributed by atoms with van der Waals surface area (Å²) in [5.74, 6) is 0.284. The van der Waals surface area contributed by atoms with Gasteiger partial charge in [-0.1, -0.05) is 0 Å². The van der Waals surface area contributed by atoms with Crippen molar-refractivity contribution in [1.82, 2.24) is 19.7 Å². The zero-order valence-corrected chi connectivity index (χ0v) is 19.6. The number of halogens is 1. The van der Waals surface area contributed by atoms with E-state index in [4.69, 9.17) is 4.74 Å². The molecule has 1 N–H and O–H groups in total. The van der Waals surface area contributed by atoms with Gasteiger partial charge in [-0.2, -0.15) is 9.89 Å². The fourth-order valence-electron chi connectivity index (χ4n) is 4.62. The van der Waals surface area contributed by atoms with Crippen LogP contribution in [0.4, 0.5) is 9.18 Å². The van der Waals surface area contributed by atoms with Gasteiger partial charge in [-0.15, -0.1) is 0 Å². The molecule has 0 aliphatic carbocycles. The average Bonchev–Trinajstić information content (AvgIpc) is 3.26. The van der Waals surface area contributed by atoms with E-state index in [2.05, 4.69) is 15.1 Å². The summed E-state index contributed by atoms with van der Waals surface area (Å²) in [7, 11) is 0. The van der Waals surface area contributed by atoms with E-state index in [0.29, 0.717) is 29.6 Å². The van der Waals surface area contributed by atoms with Gasteiger partial charge in [-0.3, -0.25) is 9.67 Å². The van der Waals surface area contributed by atoms with Gasteiger partial charge in [-0.05, 0) is 52.3 Å². The van der Waals surface area contributed by atoms with E-state index in [0.717, 1.165) is 12.1 Å². The number of quaternary nitrogens is 1. The highest BCUT2D eigenvalue weighted by Crippen LogP contribution is 2.38. The van der Waals surface area contributed by atoms with Gasteiger partial charge >= 0.3 is 6.09 Å². The quantitative estimate of drug-likeness (QED) is 0.561. The molecule has 4 heterocycles. The van der Waals surface area contributed by atoms with Crippen molar-refractivity contribution in [2.24, 2.45) is 0 Å². The summed E-state index contributed by atoms with van der Waals surface area (Å²) in [6.07, 6.45) is 5.01. The maximum atomic E-state index is 16.1. The lowest BCUT2D eigenvalue weighted by atomic mass is 9.88. The Morgan fingerprint density at radius 2 is 2.18 bits per heavy atom. The summed E-state index contributed by atoms with van der Waals surface area (Å²) in [5, 5.41) is 15.0. The summed E-state index contributed by atoms with van der Waals surface area (Å²) in [6.45, 7) is 8.23. The van der Waals surface area contributed by atoms with Gasteiger partial charge in [0.25, 0.3) is 0 Å². The van der Waals surface area contributed by atoms with E-state index in [1.165, 1.54) is 0 Å². The fourth-order valence-corrected chi connectivity index (χ4v) is 4.62. The number of likely N-dealkylation sites (tertiary alicyclic amines) is 1. The molecule has 1 saturated heterocycles. The molecule has 1 amide bonds. The topological polar surface area (TPSA) is 90.1 Å². The molecule has 1 unspecified atom stereocenters. The normalized spacial score (nSPS) is 23.5. The van der Waals surface area contributed by atoms with Crippen LogP contribution in [0.15, 0.2) is 36.8 Å². The largest absolute Gasteiger partial charge is 0.514 e. The number of rotatable bonds is 5. The molecule has 1 fully saturated rings. The Bertz CT molecular complexity index is 1170.